The van der Waals surface area contributed by atoms with E-state index < -0.39 is 0 Å². The van der Waals surface area contributed by atoms with Crippen molar-refractivity contribution >= 4 is 12.0 Å². The van der Waals surface area contributed by atoms with Crippen molar-refractivity contribution in [2.45, 2.75) is 39.7 Å². The van der Waals surface area contributed by atoms with Gasteiger partial charge in [-0.05, 0) is 20.3 Å². The molecule has 0 aromatic carbocycles. The standard InChI is InChI=1S/C12H20N2O3/c1-5-7-9-10(11(15)17-6-2)8(3)14(4)12(16)13-9/h9H,5-7H2,1-4H3,(H,13,16)/t9-/m0/s1. The molecule has 1 atom stereocenters. The molecule has 0 saturated carbocycles. The van der Waals surface area contributed by atoms with E-state index >= 15 is 0 Å². The van der Waals surface area contributed by atoms with Crippen LogP contribution in [0.5, 0.6) is 0 Å². The monoisotopic (exact) mass is 240 g/mol. The molecule has 5 nitrogen and oxygen atoms in total. The first-order chi connectivity index (χ1) is 8.02. The second-order valence-electron chi connectivity index (χ2n) is 4.07. The highest BCUT2D eigenvalue weighted by Crippen LogP contribution is 2.22. The van der Waals surface area contributed by atoms with Crippen LogP contribution < -0.4 is 5.32 Å². The van der Waals surface area contributed by atoms with Crippen LogP contribution in [-0.2, 0) is 9.53 Å². The second-order valence-corrected chi connectivity index (χ2v) is 4.07. The topological polar surface area (TPSA) is 58.6 Å². The van der Waals surface area contributed by atoms with Gasteiger partial charge in [0.25, 0.3) is 0 Å². The van der Waals surface area contributed by atoms with Gasteiger partial charge in [0.15, 0.2) is 0 Å². The van der Waals surface area contributed by atoms with Gasteiger partial charge >= 0.3 is 12.0 Å². The fourth-order valence-corrected chi connectivity index (χ4v) is 1.91. The van der Waals surface area contributed by atoms with Crippen LogP contribution >= 0.6 is 0 Å². The summed E-state index contributed by atoms with van der Waals surface area (Å²) < 4.78 is 5.04. The molecule has 1 heterocycles. The van der Waals surface area contributed by atoms with Crippen LogP contribution in [0.4, 0.5) is 4.79 Å². The molecule has 0 aromatic rings. The number of esters is 1. The van der Waals surface area contributed by atoms with E-state index in [0.29, 0.717) is 17.9 Å². The first kappa shape index (κ1) is 13.5. The summed E-state index contributed by atoms with van der Waals surface area (Å²) in [5.74, 6) is -0.338. The predicted octanol–water partition coefficient (Wildman–Crippen LogP) is 1.65. The van der Waals surface area contributed by atoms with Gasteiger partial charge in [0.05, 0.1) is 18.2 Å². The number of ether oxygens (including phenoxy) is 1. The van der Waals surface area contributed by atoms with Gasteiger partial charge in [-0.15, -0.1) is 0 Å². The van der Waals surface area contributed by atoms with E-state index in [1.54, 1.807) is 20.9 Å². The molecule has 17 heavy (non-hydrogen) atoms. The molecule has 1 N–H and O–H groups in total. The van der Waals surface area contributed by atoms with Crippen molar-refractivity contribution < 1.29 is 14.3 Å². The lowest BCUT2D eigenvalue weighted by Gasteiger charge is -2.32. The summed E-state index contributed by atoms with van der Waals surface area (Å²) in [6.07, 6.45) is 1.63. The van der Waals surface area contributed by atoms with Crippen molar-refractivity contribution in [2.24, 2.45) is 0 Å². The normalized spacial score (nSPS) is 20.4. The molecule has 0 fully saturated rings. The molecule has 1 aliphatic rings. The third kappa shape index (κ3) is 2.78. The number of urea groups is 1. The van der Waals surface area contributed by atoms with Crippen molar-refractivity contribution in [1.82, 2.24) is 10.2 Å². The Labute approximate surface area is 102 Å². The molecule has 0 unspecified atom stereocenters. The molecule has 0 bridgehead atoms. The van der Waals surface area contributed by atoms with E-state index in [9.17, 15) is 9.59 Å². The summed E-state index contributed by atoms with van der Waals surface area (Å²) in [6, 6.07) is -0.406. The Balaban J connectivity index is 3.05. The molecule has 0 saturated heterocycles. The number of hydrogen-bond donors (Lipinski definition) is 1. The third-order valence-electron chi connectivity index (χ3n) is 2.92. The Hall–Kier alpha value is -1.52. The minimum absolute atomic E-state index is 0.172. The Morgan fingerprint density at radius 3 is 2.65 bits per heavy atom. The van der Waals surface area contributed by atoms with E-state index in [1.165, 1.54) is 4.90 Å². The maximum Gasteiger partial charge on any atom is 0.337 e. The minimum Gasteiger partial charge on any atom is -0.463 e. The SMILES string of the molecule is CCC[C@@H]1NC(=O)N(C)C(C)=C1C(=O)OCC. The van der Waals surface area contributed by atoms with Crippen LogP contribution in [0.1, 0.15) is 33.6 Å². The zero-order valence-corrected chi connectivity index (χ0v) is 10.9. The smallest absolute Gasteiger partial charge is 0.337 e. The molecule has 2 amide bonds. The van der Waals surface area contributed by atoms with Crippen LogP contribution in [0.2, 0.25) is 0 Å². The highest BCUT2D eigenvalue weighted by molar-refractivity contribution is 5.94. The summed E-state index contributed by atoms with van der Waals surface area (Å²) >= 11 is 0. The zero-order valence-electron chi connectivity index (χ0n) is 10.9. The van der Waals surface area contributed by atoms with Crippen LogP contribution in [0.25, 0.3) is 0 Å². The molecule has 5 heteroatoms. The number of allylic oxidation sites excluding steroid dienone is 1. The summed E-state index contributed by atoms with van der Waals surface area (Å²) in [5.41, 5.74) is 1.24. The predicted molar refractivity (Wildman–Crippen MR) is 64.3 cm³/mol. The fourth-order valence-electron chi connectivity index (χ4n) is 1.91. The maximum absolute atomic E-state index is 11.9. The van der Waals surface area contributed by atoms with Crippen molar-refractivity contribution in [2.75, 3.05) is 13.7 Å². The largest absolute Gasteiger partial charge is 0.463 e. The second kappa shape index (κ2) is 5.70. The number of carbonyl (C=O) groups is 2. The van der Waals surface area contributed by atoms with Gasteiger partial charge in [-0.25, -0.2) is 9.59 Å². The highest BCUT2D eigenvalue weighted by atomic mass is 16.5. The molecule has 96 valence electrons. The summed E-state index contributed by atoms with van der Waals surface area (Å²) in [4.78, 5) is 25.0. The Morgan fingerprint density at radius 2 is 2.12 bits per heavy atom. The van der Waals surface area contributed by atoms with E-state index in [1.807, 2.05) is 6.92 Å². The average Bonchev–Trinajstić information content (AvgIpc) is 2.27. The Morgan fingerprint density at radius 1 is 1.47 bits per heavy atom. The number of amides is 2. The first-order valence-corrected chi connectivity index (χ1v) is 5.95. The lowest BCUT2D eigenvalue weighted by Crippen LogP contribution is -2.50. The van der Waals surface area contributed by atoms with Crippen LogP contribution in [-0.4, -0.2) is 36.6 Å². The molecular formula is C12H20N2O3. The minimum atomic E-state index is -0.338. The maximum atomic E-state index is 11.9. The van der Waals surface area contributed by atoms with Crippen molar-refractivity contribution in [3.63, 3.8) is 0 Å². The summed E-state index contributed by atoms with van der Waals surface area (Å²) in [6.45, 7) is 5.90. The van der Waals surface area contributed by atoms with Gasteiger partial charge in [0, 0.05) is 12.7 Å². The van der Waals surface area contributed by atoms with Crippen LogP contribution in [0, 0.1) is 0 Å². The molecule has 1 aliphatic heterocycles. The van der Waals surface area contributed by atoms with E-state index in [0.717, 1.165) is 12.8 Å². The van der Waals surface area contributed by atoms with Gasteiger partial charge < -0.3 is 15.0 Å². The molecule has 0 spiro atoms. The third-order valence-corrected chi connectivity index (χ3v) is 2.92. The van der Waals surface area contributed by atoms with E-state index in [2.05, 4.69) is 5.32 Å². The molecule has 1 rings (SSSR count). The summed E-state index contributed by atoms with van der Waals surface area (Å²) in [5, 5.41) is 2.82. The van der Waals surface area contributed by atoms with Crippen molar-refractivity contribution in [3.8, 4) is 0 Å². The summed E-state index contributed by atoms with van der Waals surface area (Å²) in [7, 11) is 1.64. The van der Waals surface area contributed by atoms with Crippen LogP contribution in [0.3, 0.4) is 0 Å². The van der Waals surface area contributed by atoms with Crippen molar-refractivity contribution in [3.05, 3.63) is 11.3 Å². The highest BCUT2D eigenvalue weighted by Gasteiger charge is 2.33. The fraction of sp³-hybridized carbons (Fsp3) is 0.667. The number of rotatable bonds is 4. The lowest BCUT2D eigenvalue weighted by atomic mass is 9.98. The lowest BCUT2D eigenvalue weighted by molar-refractivity contribution is -0.139. The van der Waals surface area contributed by atoms with Gasteiger partial charge in [-0.3, -0.25) is 0 Å². The molecule has 0 aromatic heterocycles. The number of nitrogens with zero attached hydrogens (tertiary/aromatic N) is 1. The number of hydrogen-bond acceptors (Lipinski definition) is 3. The Kier molecular flexibility index (Phi) is 4.54. The quantitative estimate of drug-likeness (QED) is 0.760. The number of carbonyl (C=O) groups excluding carboxylic acids is 2. The Bertz CT molecular complexity index is 350. The molecule has 0 radical (unpaired) electrons. The van der Waals surface area contributed by atoms with E-state index in [4.69, 9.17) is 4.74 Å². The van der Waals surface area contributed by atoms with E-state index in [-0.39, 0.29) is 18.0 Å². The number of nitrogens with one attached hydrogen (secondary N) is 1. The van der Waals surface area contributed by atoms with Gasteiger partial charge in [-0.1, -0.05) is 13.3 Å². The van der Waals surface area contributed by atoms with Crippen molar-refractivity contribution in [1.29, 1.82) is 0 Å². The molecular weight excluding hydrogens is 220 g/mol. The zero-order chi connectivity index (χ0) is 13.0. The first-order valence-electron chi connectivity index (χ1n) is 5.95. The molecule has 0 aliphatic carbocycles. The van der Waals surface area contributed by atoms with Gasteiger partial charge in [-0.2, -0.15) is 0 Å². The van der Waals surface area contributed by atoms with Gasteiger partial charge in [0.1, 0.15) is 0 Å². The average molecular weight is 240 g/mol. The van der Waals surface area contributed by atoms with Gasteiger partial charge in [0.2, 0.25) is 0 Å². The van der Waals surface area contributed by atoms with Crippen LogP contribution in [0.15, 0.2) is 11.3 Å².